The maximum atomic E-state index is 12.1. The van der Waals surface area contributed by atoms with Crippen LogP contribution in [0.15, 0.2) is 28.7 Å². The smallest absolute Gasteiger partial charge is 0.238 e. The highest BCUT2D eigenvalue weighted by Crippen LogP contribution is 2.15. The zero-order valence-electron chi connectivity index (χ0n) is 13.6. The third-order valence-electron chi connectivity index (χ3n) is 2.80. The highest BCUT2D eigenvalue weighted by Gasteiger charge is 2.17. The van der Waals surface area contributed by atoms with Crippen LogP contribution in [0, 0.1) is 0 Å². The first-order valence-corrected chi connectivity index (χ1v) is 8.07. The highest BCUT2D eigenvalue weighted by atomic mass is 79.9. The Kier molecular flexibility index (Phi) is 7.03. The van der Waals surface area contributed by atoms with Gasteiger partial charge in [0, 0.05) is 15.7 Å². The lowest BCUT2D eigenvalue weighted by atomic mass is 10.1. The lowest BCUT2D eigenvalue weighted by molar-refractivity contribution is -0.124. The van der Waals surface area contributed by atoms with Gasteiger partial charge in [0.2, 0.25) is 11.8 Å². The maximum absolute atomic E-state index is 12.1. The van der Waals surface area contributed by atoms with E-state index in [9.17, 15) is 9.59 Å². The number of benzene rings is 1. The van der Waals surface area contributed by atoms with Gasteiger partial charge < -0.3 is 10.6 Å². The number of carbonyl (C=O) groups is 2. The molecule has 6 heteroatoms. The molecule has 2 N–H and O–H groups in total. The molecule has 122 valence electrons. The van der Waals surface area contributed by atoms with E-state index in [4.69, 9.17) is 0 Å². The predicted octanol–water partition coefficient (Wildman–Crippen LogP) is 2.62. The van der Waals surface area contributed by atoms with Gasteiger partial charge in [0.15, 0.2) is 0 Å². The molecule has 1 aromatic rings. The van der Waals surface area contributed by atoms with Gasteiger partial charge in [-0.05, 0) is 45.5 Å². The van der Waals surface area contributed by atoms with Crippen LogP contribution >= 0.6 is 15.9 Å². The third-order valence-corrected chi connectivity index (χ3v) is 3.30. The van der Waals surface area contributed by atoms with Crippen molar-refractivity contribution in [1.29, 1.82) is 0 Å². The van der Waals surface area contributed by atoms with Crippen molar-refractivity contribution in [1.82, 2.24) is 10.2 Å². The van der Waals surface area contributed by atoms with Crippen LogP contribution in [0.25, 0.3) is 0 Å². The first-order chi connectivity index (χ1) is 10.2. The zero-order chi connectivity index (χ0) is 16.8. The number of nitrogens with zero attached hydrogens (tertiary/aromatic N) is 1. The first-order valence-electron chi connectivity index (χ1n) is 7.28. The molecule has 0 radical (unpaired) electrons. The summed E-state index contributed by atoms with van der Waals surface area (Å²) in [5, 5.41) is 5.72. The second kappa shape index (κ2) is 8.29. The number of rotatable bonds is 6. The Morgan fingerprint density at radius 1 is 1.18 bits per heavy atom. The topological polar surface area (TPSA) is 61.4 Å². The molecule has 0 bridgehead atoms. The summed E-state index contributed by atoms with van der Waals surface area (Å²) in [6, 6.07) is 7.41. The Morgan fingerprint density at radius 3 is 2.36 bits per heavy atom. The molecule has 22 heavy (non-hydrogen) atoms. The molecule has 5 nitrogen and oxygen atoms in total. The van der Waals surface area contributed by atoms with Crippen LogP contribution in [0.3, 0.4) is 0 Å². The second-order valence-corrected chi connectivity index (χ2v) is 7.08. The molecule has 2 amide bonds. The van der Waals surface area contributed by atoms with Gasteiger partial charge in [-0.15, -0.1) is 0 Å². The van der Waals surface area contributed by atoms with Crippen molar-refractivity contribution in [3.8, 4) is 0 Å². The Labute approximate surface area is 140 Å². The summed E-state index contributed by atoms with van der Waals surface area (Å²) < 4.78 is 0.905. The van der Waals surface area contributed by atoms with Crippen molar-refractivity contribution < 1.29 is 9.59 Å². The van der Waals surface area contributed by atoms with Gasteiger partial charge >= 0.3 is 0 Å². The number of carbonyl (C=O) groups excluding carboxylic acids is 2. The molecule has 0 unspecified atom stereocenters. The molecule has 1 rings (SSSR count). The van der Waals surface area contributed by atoms with Crippen molar-refractivity contribution >= 4 is 33.4 Å². The fourth-order valence-electron chi connectivity index (χ4n) is 1.91. The van der Waals surface area contributed by atoms with Gasteiger partial charge in [-0.1, -0.05) is 28.9 Å². The fourth-order valence-corrected chi connectivity index (χ4v) is 2.31. The molecular formula is C16H24BrN3O2. The molecule has 0 atom stereocenters. The minimum atomic E-state index is -0.269. The van der Waals surface area contributed by atoms with Gasteiger partial charge in [0.1, 0.15) is 0 Å². The largest absolute Gasteiger partial charge is 0.350 e. The number of amides is 2. The van der Waals surface area contributed by atoms with Gasteiger partial charge in [0.05, 0.1) is 13.1 Å². The summed E-state index contributed by atoms with van der Waals surface area (Å²) >= 11 is 3.36. The average Bonchev–Trinajstić information content (AvgIpc) is 2.35. The zero-order valence-corrected chi connectivity index (χ0v) is 15.2. The molecule has 1 aromatic carbocycles. The van der Waals surface area contributed by atoms with Crippen molar-refractivity contribution in [2.24, 2.45) is 0 Å². The van der Waals surface area contributed by atoms with Crippen LogP contribution in [0.2, 0.25) is 0 Å². The summed E-state index contributed by atoms with van der Waals surface area (Å²) in [5.74, 6) is -0.215. The highest BCUT2D eigenvalue weighted by molar-refractivity contribution is 9.10. The number of hydrogen-bond acceptors (Lipinski definition) is 3. The maximum Gasteiger partial charge on any atom is 0.238 e. The number of nitrogens with one attached hydrogen (secondary N) is 2. The second-order valence-electron chi connectivity index (χ2n) is 6.16. The Balaban J connectivity index is 2.51. The van der Waals surface area contributed by atoms with Crippen molar-refractivity contribution in [3.63, 3.8) is 0 Å². The SMILES string of the molecule is CCN(CC(=O)Nc1cccc(Br)c1)CC(=O)NC(C)(C)C. The van der Waals surface area contributed by atoms with Crippen LogP contribution < -0.4 is 10.6 Å². The van der Waals surface area contributed by atoms with Crippen LogP contribution in [0.5, 0.6) is 0 Å². The van der Waals surface area contributed by atoms with Crippen LogP contribution in [-0.4, -0.2) is 41.9 Å². The van der Waals surface area contributed by atoms with E-state index in [1.165, 1.54) is 0 Å². The monoisotopic (exact) mass is 369 g/mol. The Morgan fingerprint density at radius 2 is 1.82 bits per heavy atom. The Bertz CT molecular complexity index is 526. The molecule has 0 aliphatic carbocycles. The summed E-state index contributed by atoms with van der Waals surface area (Å²) in [5.41, 5.74) is 0.462. The van der Waals surface area contributed by atoms with Crippen molar-refractivity contribution in [2.75, 3.05) is 25.0 Å². The summed E-state index contributed by atoms with van der Waals surface area (Å²) in [7, 11) is 0. The molecule has 0 aliphatic rings. The minimum Gasteiger partial charge on any atom is -0.350 e. The van der Waals surface area contributed by atoms with Crippen LogP contribution in [-0.2, 0) is 9.59 Å². The first kappa shape index (κ1) is 18.6. The van der Waals surface area contributed by atoms with Gasteiger partial charge in [-0.3, -0.25) is 14.5 Å². The predicted molar refractivity (Wildman–Crippen MR) is 92.8 cm³/mol. The van der Waals surface area contributed by atoms with E-state index in [1.54, 1.807) is 4.90 Å². The fraction of sp³-hybridized carbons (Fsp3) is 0.500. The number of likely N-dealkylation sites (N-methyl/N-ethyl adjacent to an activating group) is 1. The van der Waals surface area contributed by atoms with E-state index >= 15 is 0 Å². The quantitative estimate of drug-likeness (QED) is 0.809. The summed E-state index contributed by atoms with van der Waals surface area (Å²) in [6.07, 6.45) is 0. The lowest BCUT2D eigenvalue weighted by Gasteiger charge is -2.24. The van der Waals surface area contributed by atoms with Crippen LogP contribution in [0.4, 0.5) is 5.69 Å². The van der Waals surface area contributed by atoms with Gasteiger partial charge in [-0.2, -0.15) is 0 Å². The average molecular weight is 370 g/mol. The van der Waals surface area contributed by atoms with Crippen molar-refractivity contribution in [3.05, 3.63) is 28.7 Å². The molecular weight excluding hydrogens is 346 g/mol. The van der Waals surface area contributed by atoms with E-state index in [0.717, 1.165) is 10.2 Å². The van der Waals surface area contributed by atoms with Crippen molar-refractivity contribution in [2.45, 2.75) is 33.2 Å². The molecule has 0 aliphatic heterocycles. The Hall–Kier alpha value is -1.40. The van der Waals surface area contributed by atoms with Gasteiger partial charge in [-0.25, -0.2) is 0 Å². The standard InChI is InChI=1S/C16H24BrN3O2/c1-5-20(11-15(22)19-16(2,3)4)10-14(21)18-13-8-6-7-12(17)9-13/h6-9H,5,10-11H2,1-4H3,(H,18,21)(H,19,22). The van der Waals surface area contributed by atoms with E-state index in [1.807, 2.05) is 52.0 Å². The van der Waals surface area contributed by atoms with E-state index in [2.05, 4.69) is 26.6 Å². The lowest BCUT2D eigenvalue weighted by Crippen LogP contribution is -2.47. The normalized spacial score (nSPS) is 11.4. The number of anilines is 1. The minimum absolute atomic E-state index is 0.0791. The molecule has 0 spiro atoms. The molecule has 0 saturated heterocycles. The third kappa shape index (κ3) is 7.56. The molecule has 0 aromatic heterocycles. The van der Waals surface area contributed by atoms with E-state index in [-0.39, 0.29) is 30.4 Å². The van der Waals surface area contributed by atoms with E-state index in [0.29, 0.717) is 6.54 Å². The molecule has 0 heterocycles. The van der Waals surface area contributed by atoms with Crippen LogP contribution in [0.1, 0.15) is 27.7 Å². The summed E-state index contributed by atoms with van der Waals surface area (Å²) in [6.45, 7) is 8.74. The molecule has 0 saturated carbocycles. The van der Waals surface area contributed by atoms with Gasteiger partial charge in [0.25, 0.3) is 0 Å². The molecule has 0 fully saturated rings. The number of halogens is 1. The summed E-state index contributed by atoms with van der Waals surface area (Å²) in [4.78, 5) is 25.8. The number of hydrogen-bond donors (Lipinski definition) is 2. The van der Waals surface area contributed by atoms with E-state index < -0.39 is 0 Å².